The van der Waals surface area contributed by atoms with Gasteiger partial charge >= 0.3 is 5.97 Å². The Morgan fingerprint density at radius 1 is 1.16 bits per heavy atom. The highest BCUT2D eigenvalue weighted by molar-refractivity contribution is 5.85. The first-order chi connectivity index (χ1) is 15.4. The topological polar surface area (TPSA) is 153 Å². The van der Waals surface area contributed by atoms with E-state index in [-0.39, 0.29) is 31.0 Å². The van der Waals surface area contributed by atoms with Crippen LogP contribution in [0.5, 0.6) is 0 Å². The van der Waals surface area contributed by atoms with Crippen molar-refractivity contribution >= 4 is 29.3 Å². The second kappa shape index (κ2) is 12.6. The predicted octanol–water partition coefficient (Wildman–Crippen LogP) is 1.72. The van der Waals surface area contributed by atoms with E-state index in [2.05, 4.69) is 25.7 Å². The summed E-state index contributed by atoms with van der Waals surface area (Å²) in [7, 11) is 1.21. The molecule has 0 aliphatic heterocycles. The molecule has 0 saturated heterocycles. The molecule has 32 heavy (non-hydrogen) atoms. The number of aromatic nitrogens is 1. The number of carbonyl (C=O) groups excluding carboxylic acids is 3. The number of rotatable bonds is 12. The van der Waals surface area contributed by atoms with E-state index >= 15 is 0 Å². The van der Waals surface area contributed by atoms with Crippen LogP contribution in [0.1, 0.15) is 30.9 Å². The fraction of sp³-hybridized carbons (Fsp3) is 0.333. The number of amides is 2. The molecule has 2 amide bonds. The molecule has 1 aromatic carbocycles. The largest absolute Gasteiger partial charge is 0.469 e. The minimum atomic E-state index is -0.839. The maximum Gasteiger partial charge on any atom is 0.307 e. The standard InChI is InChI=1S/C21H25N5O6/c1-32-21(29)13-17(15-6-4-7-16(12-15)26(30)31)25-20(28)14-24-19(27)9-5-11-23-18-8-2-3-10-22-18/h2-4,6-8,10,12,17H,5,9,11,13-14H2,1H3,(H,22,23)(H,24,27)(H,25,28). The Morgan fingerprint density at radius 2 is 1.97 bits per heavy atom. The summed E-state index contributed by atoms with van der Waals surface area (Å²) in [5.41, 5.74) is 0.212. The number of pyridine rings is 1. The highest BCUT2D eigenvalue weighted by Gasteiger charge is 2.21. The number of carbonyl (C=O) groups is 3. The quantitative estimate of drug-likeness (QED) is 0.194. The minimum Gasteiger partial charge on any atom is -0.469 e. The van der Waals surface area contributed by atoms with E-state index in [1.807, 2.05) is 12.1 Å². The second-order valence-electron chi connectivity index (χ2n) is 6.77. The lowest BCUT2D eigenvalue weighted by Crippen LogP contribution is -2.39. The van der Waals surface area contributed by atoms with E-state index in [0.717, 1.165) is 0 Å². The van der Waals surface area contributed by atoms with Crippen molar-refractivity contribution in [3.05, 3.63) is 64.3 Å². The van der Waals surface area contributed by atoms with Gasteiger partial charge in [0, 0.05) is 31.3 Å². The van der Waals surface area contributed by atoms with Crippen LogP contribution in [0.25, 0.3) is 0 Å². The molecule has 0 radical (unpaired) electrons. The lowest BCUT2D eigenvalue weighted by molar-refractivity contribution is -0.384. The van der Waals surface area contributed by atoms with E-state index in [9.17, 15) is 24.5 Å². The number of nitrogens with zero attached hydrogens (tertiary/aromatic N) is 2. The second-order valence-corrected chi connectivity index (χ2v) is 6.77. The van der Waals surface area contributed by atoms with Crippen LogP contribution in [0.4, 0.5) is 11.5 Å². The van der Waals surface area contributed by atoms with Crippen LogP contribution < -0.4 is 16.0 Å². The third kappa shape index (κ3) is 8.38. The summed E-state index contributed by atoms with van der Waals surface area (Å²) >= 11 is 0. The van der Waals surface area contributed by atoms with Gasteiger partial charge in [-0.25, -0.2) is 4.98 Å². The van der Waals surface area contributed by atoms with Crippen molar-refractivity contribution in [1.82, 2.24) is 15.6 Å². The summed E-state index contributed by atoms with van der Waals surface area (Å²) in [6.07, 6.45) is 2.21. The lowest BCUT2D eigenvalue weighted by Gasteiger charge is -2.18. The van der Waals surface area contributed by atoms with Gasteiger partial charge in [-0.2, -0.15) is 0 Å². The van der Waals surface area contributed by atoms with Gasteiger partial charge in [0.15, 0.2) is 0 Å². The molecular formula is C21H25N5O6. The molecule has 0 fully saturated rings. The van der Waals surface area contributed by atoms with Crippen molar-refractivity contribution in [3.63, 3.8) is 0 Å². The molecule has 0 bridgehead atoms. The van der Waals surface area contributed by atoms with E-state index in [1.54, 1.807) is 18.3 Å². The minimum absolute atomic E-state index is 0.167. The molecule has 0 spiro atoms. The van der Waals surface area contributed by atoms with Crippen molar-refractivity contribution in [3.8, 4) is 0 Å². The fourth-order valence-electron chi connectivity index (χ4n) is 2.80. The van der Waals surface area contributed by atoms with Crippen LogP contribution in [0.2, 0.25) is 0 Å². The molecule has 170 valence electrons. The molecule has 0 aliphatic rings. The average Bonchev–Trinajstić information content (AvgIpc) is 2.80. The van der Waals surface area contributed by atoms with Gasteiger partial charge in [0.05, 0.1) is 31.0 Å². The Hall–Kier alpha value is -4.02. The number of nitrogens with one attached hydrogen (secondary N) is 3. The average molecular weight is 443 g/mol. The zero-order chi connectivity index (χ0) is 23.3. The van der Waals surface area contributed by atoms with Crippen molar-refractivity contribution in [1.29, 1.82) is 0 Å². The molecule has 1 aromatic heterocycles. The normalized spacial score (nSPS) is 11.2. The van der Waals surface area contributed by atoms with Crippen molar-refractivity contribution < 1.29 is 24.0 Å². The molecule has 0 aliphatic carbocycles. The summed E-state index contributed by atoms with van der Waals surface area (Å²) < 4.78 is 4.64. The number of benzene rings is 1. The van der Waals surface area contributed by atoms with Gasteiger partial charge in [0.25, 0.3) is 5.69 Å². The summed E-state index contributed by atoms with van der Waals surface area (Å²) in [4.78, 5) is 50.6. The van der Waals surface area contributed by atoms with Crippen molar-refractivity contribution in [2.45, 2.75) is 25.3 Å². The molecule has 3 N–H and O–H groups in total. The van der Waals surface area contributed by atoms with Crippen LogP contribution in [0, 0.1) is 10.1 Å². The van der Waals surface area contributed by atoms with Gasteiger partial charge in [-0.05, 0) is 24.1 Å². The number of hydrogen-bond donors (Lipinski definition) is 3. The van der Waals surface area contributed by atoms with Gasteiger partial charge < -0.3 is 20.7 Å². The highest BCUT2D eigenvalue weighted by atomic mass is 16.6. The molecule has 11 heteroatoms. The maximum absolute atomic E-state index is 12.3. The summed E-state index contributed by atoms with van der Waals surface area (Å²) in [6.45, 7) is 0.254. The van der Waals surface area contributed by atoms with Crippen LogP contribution >= 0.6 is 0 Å². The zero-order valence-electron chi connectivity index (χ0n) is 17.6. The lowest BCUT2D eigenvalue weighted by atomic mass is 10.0. The number of nitro benzene ring substituents is 1. The SMILES string of the molecule is COC(=O)CC(NC(=O)CNC(=O)CCCNc1ccccn1)c1cccc([N+](=O)[O-])c1. The smallest absolute Gasteiger partial charge is 0.307 e. The van der Waals surface area contributed by atoms with E-state index in [0.29, 0.717) is 24.3 Å². The first-order valence-electron chi connectivity index (χ1n) is 9.91. The molecule has 11 nitrogen and oxygen atoms in total. The number of esters is 1. The molecular weight excluding hydrogens is 418 g/mol. The Morgan fingerprint density at radius 3 is 2.66 bits per heavy atom. The number of ether oxygens (including phenoxy) is 1. The van der Waals surface area contributed by atoms with Crippen molar-refractivity contribution in [2.24, 2.45) is 0 Å². The first kappa shape index (κ1) is 24.3. The fourth-order valence-corrected chi connectivity index (χ4v) is 2.80. The van der Waals surface area contributed by atoms with Gasteiger partial charge in [-0.15, -0.1) is 0 Å². The highest BCUT2D eigenvalue weighted by Crippen LogP contribution is 2.22. The molecule has 2 rings (SSSR count). The van der Waals surface area contributed by atoms with Crippen LogP contribution in [0.15, 0.2) is 48.7 Å². The Labute approximate surface area is 184 Å². The van der Waals surface area contributed by atoms with E-state index in [4.69, 9.17) is 0 Å². The number of nitro groups is 1. The number of anilines is 1. The van der Waals surface area contributed by atoms with Gasteiger partial charge in [-0.1, -0.05) is 18.2 Å². The van der Waals surface area contributed by atoms with Gasteiger partial charge in [0.2, 0.25) is 11.8 Å². The first-order valence-corrected chi connectivity index (χ1v) is 9.91. The zero-order valence-corrected chi connectivity index (χ0v) is 17.6. The monoisotopic (exact) mass is 443 g/mol. The summed E-state index contributed by atoms with van der Waals surface area (Å²) in [5.74, 6) is -0.718. The number of non-ortho nitro benzene ring substituents is 1. The van der Waals surface area contributed by atoms with Gasteiger partial charge in [0.1, 0.15) is 5.82 Å². The summed E-state index contributed by atoms with van der Waals surface area (Å²) in [6, 6.07) is 10.2. The third-order valence-corrected chi connectivity index (χ3v) is 4.41. The van der Waals surface area contributed by atoms with Gasteiger partial charge in [-0.3, -0.25) is 24.5 Å². The Kier molecular flexibility index (Phi) is 9.57. The Bertz CT molecular complexity index is 937. The van der Waals surface area contributed by atoms with Crippen molar-refractivity contribution in [2.75, 3.05) is 25.5 Å². The molecule has 1 heterocycles. The van der Waals surface area contributed by atoms with Crippen LogP contribution in [0.3, 0.4) is 0 Å². The molecule has 2 aromatic rings. The number of hydrogen-bond acceptors (Lipinski definition) is 8. The third-order valence-electron chi connectivity index (χ3n) is 4.41. The molecule has 0 saturated carbocycles. The summed E-state index contributed by atoms with van der Waals surface area (Å²) in [5, 5.41) is 19.2. The number of methoxy groups -OCH3 is 1. The Balaban J connectivity index is 1.82. The maximum atomic E-state index is 12.3. The molecule has 1 unspecified atom stereocenters. The predicted molar refractivity (Wildman–Crippen MR) is 116 cm³/mol. The van der Waals surface area contributed by atoms with Crippen LogP contribution in [-0.4, -0.2) is 47.9 Å². The van der Waals surface area contributed by atoms with Crippen LogP contribution in [-0.2, 0) is 19.1 Å². The van der Waals surface area contributed by atoms with E-state index in [1.165, 1.54) is 25.3 Å². The van der Waals surface area contributed by atoms with E-state index < -0.39 is 22.8 Å². The molecule has 1 atom stereocenters.